The summed E-state index contributed by atoms with van der Waals surface area (Å²) in [4.78, 5) is 21.3. The van der Waals surface area contributed by atoms with Crippen LogP contribution in [0.3, 0.4) is 0 Å². The van der Waals surface area contributed by atoms with Gasteiger partial charge in [0.05, 0.1) is 9.65 Å². The molecule has 5 heteroatoms. The van der Waals surface area contributed by atoms with E-state index in [1.165, 1.54) is 0 Å². The van der Waals surface area contributed by atoms with Gasteiger partial charge in [-0.1, -0.05) is 56.1 Å². The van der Waals surface area contributed by atoms with Gasteiger partial charge >= 0.3 is 0 Å². The number of benzene rings is 2. The molecule has 0 bridgehead atoms. The van der Waals surface area contributed by atoms with Crippen LogP contribution in [-0.4, -0.2) is 17.1 Å². The zero-order valence-electron chi connectivity index (χ0n) is 11.8. The van der Waals surface area contributed by atoms with Crippen molar-refractivity contribution < 1.29 is 9.59 Å². The van der Waals surface area contributed by atoms with E-state index < -0.39 is 0 Å². The fourth-order valence-corrected chi connectivity index (χ4v) is 3.31. The highest BCUT2D eigenvalue weighted by Crippen LogP contribution is 2.33. The van der Waals surface area contributed by atoms with Gasteiger partial charge in [-0.05, 0) is 23.3 Å². The molecule has 3 aromatic rings. The van der Waals surface area contributed by atoms with E-state index in [9.17, 15) is 9.59 Å². The molecule has 22 heavy (non-hydrogen) atoms. The Labute approximate surface area is 144 Å². The normalized spacial score (nSPS) is 14.1. The van der Waals surface area contributed by atoms with Gasteiger partial charge in [0.2, 0.25) is 0 Å². The van der Waals surface area contributed by atoms with Gasteiger partial charge < -0.3 is 14.2 Å². The highest BCUT2D eigenvalue weighted by Gasteiger charge is 2.14. The minimum absolute atomic E-state index is 0.299. The van der Waals surface area contributed by atoms with E-state index in [1.54, 1.807) is 0 Å². The second kappa shape index (κ2) is 5.97. The van der Waals surface area contributed by atoms with Crippen LogP contribution in [0, 0.1) is 0 Å². The fraction of sp³-hybridized carbons (Fsp3) is 0.176. The third-order valence-electron chi connectivity index (χ3n) is 3.93. The van der Waals surface area contributed by atoms with Crippen LogP contribution in [0.1, 0.15) is 20.8 Å². The minimum atomic E-state index is -0.299. The van der Waals surface area contributed by atoms with Gasteiger partial charge in [-0.15, -0.1) is 0 Å². The second-order valence-electron chi connectivity index (χ2n) is 5.19. The van der Waals surface area contributed by atoms with E-state index in [4.69, 9.17) is 0 Å². The highest BCUT2D eigenvalue weighted by atomic mass is 79.9. The molecule has 2 unspecified atom stereocenters. The molecule has 0 aliphatic rings. The van der Waals surface area contributed by atoms with Gasteiger partial charge in [-0.3, -0.25) is 0 Å². The Balaban J connectivity index is 2.28. The Hall–Kier alpha value is -1.46. The monoisotopic (exact) mass is 421 g/mol. The first-order valence-electron chi connectivity index (χ1n) is 6.77. The van der Waals surface area contributed by atoms with Crippen LogP contribution in [0.4, 0.5) is 0 Å². The first kappa shape index (κ1) is 15.4. The van der Waals surface area contributed by atoms with Gasteiger partial charge in [0.15, 0.2) is 0 Å². The molecule has 0 saturated heterocycles. The van der Waals surface area contributed by atoms with Crippen molar-refractivity contribution >= 4 is 66.2 Å². The van der Waals surface area contributed by atoms with Crippen molar-refractivity contribution in [1.29, 1.82) is 0 Å². The Morgan fingerprint density at radius 1 is 0.864 bits per heavy atom. The summed E-state index contributed by atoms with van der Waals surface area (Å²) in [5, 5.41) is 2.27. The molecule has 3 nitrogen and oxygen atoms in total. The average molecular weight is 423 g/mol. The third kappa shape index (κ3) is 2.42. The Morgan fingerprint density at radius 2 is 1.27 bits per heavy atom. The molecule has 0 aliphatic carbocycles. The number of aldehydes is 2. The molecule has 2 atom stereocenters. The number of hydrogen-bond donors (Lipinski definition) is 0. The number of hydrogen-bond acceptors (Lipinski definition) is 2. The quantitative estimate of drug-likeness (QED) is 0.455. The SMILES string of the molecule is Cn1c2cc(C(Br)C=O)ccc2c2ccc(C(Br)C=O)cc21. The Morgan fingerprint density at radius 3 is 1.64 bits per heavy atom. The Bertz CT molecular complexity index is 814. The summed E-state index contributed by atoms with van der Waals surface area (Å²) in [6, 6.07) is 12.0. The van der Waals surface area contributed by atoms with Crippen LogP contribution in [0.25, 0.3) is 21.8 Å². The predicted molar refractivity (Wildman–Crippen MR) is 95.9 cm³/mol. The standard InChI is InChI=1S/C17H13Br2NO2/c1-20-16-6-10(14(18)8-21)2-4-12(16)13-5-3-11(7-17(13)20)15(19)9-22/h2-9,14-15H,1H3. The van der Waals surface area contributed by atoms with Crippen molar-refractivity contribution in [2.24, 2.45) is 7.05 Å². The number of halogens is 2. The summed E-state index contributed by atoms with van der Waals surface area (Å²) >= 11 is 6.71. The first-order chi connectivity index (χ1) is 10.6. The minimum Gasteiger partial charge on any atom is -0.344 e. The number of nitrogens with zero attached hydrogens (tertiary/aromatic N) is 1. The first-order valence-corrected chi connectivity index (χ1v) is 8.60. The van der Waals surface area contributed by atoms with Crippen LogP contribution in [0.5, 0.6) is 0 Å². The van der Waals surface area contributed by atoms with Gasteiger partial charge in [-0.25, -0.2) is 0 Å². The lowest BCUT2D eigenvalue weighted by atomic mass is 10.1. The maximum absolute atomic E-state index is 11.0. The zero-order chi connectivity index (χ0) is 15.9. The molecule has 0 fully saturated rings. The molecular formula is C17H13Br2NO2. The molecule has 1 heterocycles. The predicted octanol–water partition coefficient (Wildman–Crippen LogP) is 4.60. The smallest absolute Gasteiger partial charge is 0.138 e. The van der Waals surface area contributed by atoms with E-state index in [1.807, 2.05) is 43.4 Å². The van der Waals surface area contributed by atoms with Gasteiger partial charge in [0, 0.05) is 28.9 Å². The van der Waals surface area contributed by atoms with Crippen molar-refractivity contribution in [2.45, 2.75) is 9.65 Å². The largest absolute Gasteiger partial charge is 0.344 e. The van der Waals surface area contributed by atoms with Gasteiger partial charge in [0.25, 0.3) is 0 Å². The average Bonchev–Trinajstić information content (AvgIpc) is 2.85. The number of carbonyl (C=O) groups excluding carboxylic acids is 2. The van der Waals surface area contributed by atoms with E-state index in [2.05, 4.69) is 36.4 Å². The summed E-state index contributed by atoms with van der Waals surface area (Å²) in [5.74, 6) is 0. The maximum atomic E-state index is 11.0. The number of alkyl halides is 2. The number of rotatable bonds is 4. The van der Waals surface area contributed by atoms with Gasteiger partial charge in [0.1, 0.15) is 12.6 Å². The summed E-state index contributed by atoms with van der Waals surface area (Å²) in [7, 11) is 1.99. The number of fused-ring (bicyclic) bond motifs is 3. The summed E-state index contributed by atoms with van der Waals surface area (Å²) in [5.41, 5.74) is 3.99. The Kier molecular flexibility index (Phi) is 4.19. The van der Waals surface area contributed by atoms with Crippen molar-refractivity contribution in [3.63, 3.8) is 0 Å². The summed E-state index contributed by atoms with van der Waals surface area (Å²) in [6.45, 7) is 0. The molecule has 0 saturated carbocycles. The van der Waals surface area contributed by atoms with Crippen LogP contribution < -0.4 is 0 Å². The van der Waals surface area contributed by atoms with E-state index >= 15 is 0 Å². The van der Waals surface area contributed by atoms with E-state index in [-0.39, 0.29) is 9.65 Å². The number of aromatic nitrogens is 1. The lowest BCUT2D eigenvalue weighted by molar-refractivity contribution is -0.108. The molecule has 112 valence electrons. The highest BCUT2D eigenvalue weighted by molar-refractivity contribution is 9.09. The topological polar surface area (TPSA) is 39.1 Å². The van der Waals surface area contributed by atoms with Crippen LogP contribution >= 0.6 is 31.9 Å². The molecule has 0 aliphatic heterocycles. The lowest BCUT2D eigenvalue weighted by Crippen LogP contribution is -1.93. The number of carbonyl (C=O) groups is 2. The molecule has 0 amide bonds. The third-order valence-corrected chi connectivity index (χ3v) is 5.42. The zero-order valence-corrected chi connectivity index (χ0v) is 15.0. The van der Waals surface area contributed by atoms with Crippen LogP contribution in [0.2, 0.25) is 0 Å². The van der Waals surface area contributed by atoms with Crippen LogP contribution in [-0.2, 0) is 16.6 Å². The van der Waals surface area contributed by atoms with Crippen molar-refractivity contribution in [1.82, 2.24) is 4.57 Å². The molecule has 3 rings (SSSR count). The molecule has 1 aromatic heterocycles. The molecule has 2 aromatic carbocycles. The fourth-order valence-electron chi connectivity index (χ4n) is 2.74. The number of aryl methyl sites for hydroxylation is 1. The molecule has 0 spiro atoms. The lowest BCUT2D eigenvalue weighted by Gasteiger charge is -2.05. The van der Waals surface area contributed by atoms with E-state index in [0.717, 1.165) is 45.5 Å². The van der Waals surface area contributed by atoms with Crippen molar-refractivity contribution in [3.8, 4) is 0 Å². The van der Waals surface area contributed by atoms with Gasteiger partial charge in [-0.2, -0.15) is 0 Å². The van der Waals surface area contributed by atoms with Crippen molar-refractivity contribution in [2.75, 3.05) is 0 Å². The van der Waals surface area contributed by atoms with E-state index in [0.29, 0.717) is 0 Å². The maximum Gasteiger partial charge on any atom is 0.138 e. The summed E-state index contributed by atoms with van der Waals surface area (Å²) in [6.07, 6.45) is 1.75. The summed E-state index contributed by atoms with van der Waals surface area (Å²) < 4.78 is 2.09. The van der Waals surface area contributed by atoms with Crippen LogP contribution in [0.15, 0.2) is 36.4 Å². The molecular weight excluding hydrogens is 410 g/mol. The molecule has 0 radical (unpaired) electrons. The molecule has 0 N–H and O–H groups in total. The van der Waals surface area contributed by atoms with Crippen molar-refractivity contribution in [3.05, 3.63) is 47.5 Å². The second-order valence-corrected chi connectivity index (χ2v) is 7.16.